The Morgan fingerprint density at radius 1 is 1.19 bits per heavy atom. The van der Waals surface area contributed by atoms with Crippen molar-refractivity contribution in [3.05, 3.63) is 48.2 Å². The van der Waals surface area contributed by atoms with Gasteiger partial charge in [0.1, 0.15) is 0 Å². The molecule has 1 aromatic heterocycles. The van der Waals surface area contributed by atoms with E-state index in [-0.39, 0.29) is 11.9 Å². The Hall–Kier alpha value is -2.43. The molecule has 5 heteroatoms. The summed E-state index contributed by atoms with van der Waals surface area (Å²) in [4.78, 5) is 13.9. The quantitative estimate of drug-likeness (QED) is 0.917. The monoisotopic (exact) mass is 284 g/mol. The van der Waals surface area contributed by atoms with Gasteiger partial charge in [-0.15, -0.1) is 10.2 Å². The second-order valence-electron chi connectivity index (χ2n) is 4.95. The highest BCUT2D eigenvalue weighted by atomic mass is 16.2. The minimum atomic E-state index is -0.189. The second kappa shape index (κ2) is 6.83. The van der Waals surface area contributed by atoms with E-state index in [4.69, 9.17) is 0 Å². The van der Waals surface area contributed by atoms with Crippen LogP contribution in [0.2, 0.25) is 0 Å². The van der Waals surface area contributed by atoms with Gasteiger partial charge in [0.15, 0.2) is 11.5 Å². The van der Waals surface area contributed by atoms with Crippen molar-refractivity contribution < 1.29 is 4.79 Å². The van der Waals surface area contributed by atoms with Gasteiger partial charge in [-0.25, -0.2) is 0 Å². The number of rotatable bonds is 5. The number of nitrogens with one attached hydrogen (secondary N) is 1. The van der Waals surface area contributed by atoms with Gasteiger partial charge in [0.2, 0.25) is 0 Å². The van der Waals surface area contributed by atoms with Crippen LogP contribution in [0, 0.1) is 0 Å². The van der Waals surface area contributed by atoms with Gasteiger partial charge >= 0.3 is 0 Å². The second-order valence-corrected chi connectivity index (χ2v) is 4.95. The Balaban J connectivity index is 2.10. The zero-order valence-electron chi connectivity index (χ0n) is 12.6. The van der Waals surface area contributed by atoms with Gasteiger partial charge in [-0.2, -0.15) is 0 Å². The van der Waals surface area contributed by atoms with Crippen LogP contribution in [0.3, 0.4) is 0 Å². The van der Waals surface area contributed by atoms with E-state index in [0.717, 1.165) is 12.1 Å². The predicted molar refractivity (Wildman–Crippen MR) is 83.8 cm³/mol. The molecule has 0 spiro atoms. The lowest BCUT2D eigenvalue weighted by Gasteiger charge is -2.17. The largest absolute Gasteiger partial charge is 0.348 e. The predicted octanol–water partition coefficient (Wildman–Crippen LogP) is 2.77. The van der Waals surface area contributed by atoms with Crippen molar-refractivity contribution in [3.8, 4) is 0 Å². The molecule has 0 saturated heterocycles. The lowest BCUT2D eigenvalue weighted by atomic mass is 10.2. The van der Waals surface area contributed by atoms with E-state index in [1.165, 1.54) is 0 Å². The topological polar surface area (TPSA) is 58.1 Å². The van der Waals surface area contributed by atoms with Crippen LogP contribution in [0.15, 0.2) is 42.5 Å². The molecule has 110 valence electrons. The van der Waals surface area contributed by atoms with Crippen LogP contribution in [0.4, 0.5) is 11.5 Å². The van der Waals surface area contributed by atoms with Crippen molar-refractivity contribution in [1.29, 1.82) is 0 Å². The summed E-state index contributed by atoms with van der Waals surface area (Å²) in [6.45, 7) is 3.98. The van der Waals surface area contributed by atoms with Crippen LogP contribution in [-0.2, 0) is 0 Å². The number of anilines is 2. The molecule has 2 aromatic rings. The zero-order chi connectivity index (χ0) is 15.2. The number of amides is 1. The highest BCUT2D eigenvalue weighted by Crippen LogP contribution is 2.20. The molecule has 1 atom stereocenters. The van der Waals surface area contributed by atoms with Crippen molar-refractivity contribution in [2.45, 2.75) is 26.3 Å². The lowest BCUT2D eigenvalue weighted by Crippen LogP contribution is -2.32. The summed E-state index contributed by atoms with van der Waals surface area (Å²) in [5.41, 5.74) is 1.35. The molecular weight excluding hydrogens is 264 g/mol. The Kier molecular flexibility index (Phi) is 4.87. The zero-order valence-corrected chi connectivity index (χ0v) is 12.6. The Bertz CT molecular complexity index is 583. The molecule has 0 fully saturated rings. The van der Waals surface area contributed by atoms with E-state index in [9.17, 15) is 4.79 Å². The van der Waals surface area contributed by atoms with Crippen LogP contribution in [-0.4, -0.2) is 29.2 Å². The summed E-state index contributed by atoms with van der Waals surface area (Å²) >= 11 is 0. The number of carbonyl (C=O) groups is 1. The molecule has 0 aliphatic rings. The Labute approximate surface area is 125 Å². The maximum Gasteiger partial charge on any atom is 0.272 e. The average Bonchev–Trinajstić information content (AvgIpc) is 2.55. The van der Waals surface area contributed by atoms with Gasteiger partial charge in [-0.3, -0.25) is 4.79 Å². The SMILES string of the molecule is CCC(C)NC(=O)c1ccc(N(C)c2ccccc2)nn1. The first-order chi connectivity index (χ1) is 10.1. The maximum atomic E-state index is 11.9. The van der Waals surface area contributed by atoms with Crippen LogP contribution < -0.4 is 10.2 Å². The first-order valence-corrected chi connectivity index (χ1v) is 7.05. The number of aromatic nitrogens is 2. The van der Waals surface area contributed by atoms with Crippen LogP contribution in [0.1, 0.15) is 30.8 Å². The van der Waals surface area contributed by atoms with Crippen molar-refractivity contribution in [2.75, 3.05) is 11.9 Å². The molecule has 1 aromatic carbocycles. The Morgan fingerprint density at radius 2 is 1.90 bits per heavy atom. The highest BCUT2D eigenvalue weighted by molar-refractivity contribution is 5.92. The molecule has 2 rings (SSSR count). The number of hydrogen-bond donors (Lipinski definition) is 1. The van der Waals surface area contributed by atoms with Gasteiger partial charge in [-0.1, -0.05) is 25.1 Å². The van der Waals surface area contributed by atoms with Crippen molar-refractivity contribution >= 4 is 17.4 Å². The van der Waals surface area contributed by atoms with Crippen molar-refractivity contribution in [3.63, 3.8) is 0 Å². The molecule has 21 heavy (non-hydrogen) atoms. The number of para-hydroxylation sites is 1. The molecule has 1 unspecified atom stereocenters. The summed E-state index contributed by atoms with van der Waals surface area (Å²) in [5, 5.41) is 11.0. The molecule has 0 aliphatic heterocycles. The number of benzene rings is 1. The molecule has 5 nitrogen and oxygen atoms in total. The minimum absolute atomic E-state index is 0.131. The van der Waals surface area contributed by atoms with E-state index < -0.39 is 0 Å². The fourth-order valence-electron chi connectivity index (χ4n) is 1.81. The molecule has 0 saturated carbocycles. The van der Waals surface area contributed by atoms with Crippen molar-refractivity contribution in [2.24, 2.45) is 0 Å². The summed E-state index contributed by atoms with van der Waals surface area (Å²) in [6, 6.07) is 13.5. The normalized spacial score (nSPS) is 11.8. The standard InChI is InChI=1S/C16H20N4O/c1-4-12(2)17-16(21)14-10-11-15(19-18-14)20(3)13-8-6-5-7-9-13/h5-12H,4H2,1-3H3,(H,17,21). The summed E-state index contributed by atoms with van der Waals surface area (Å²) in [5.74, 6) is 0.507. The van der Waals surface area contributed by atoms with Gasteiger partial charge in [0.25, 0.3) is 5.91 Å². The molecular formula is C16H20N4O. The van der Waals surface area contributed by atoms with E-state index in [0.29, 0.717) is 11.5 Å². The van der Waals surface area contributed by atoms with E-state index in [2.05, 4.69) is 15.5 Å². The highest BCUT2D eigenvalue weighted by Gasteiger charge is 2.12. The fourth-order valence-corrected chi connectivity index (χ4v) is 1.81. The third-order valence-corrected chi connectivity index (χ3v) is 3.36. The van der Waals surface area contributed by atoms with Gasteiger partial charge < -0.3 is 10.2 Å². The first kappa shape index (κ1) is 15.0. The first-order valence-electron chi connectivity index (χ1n) is 7.05. The minimum Gasteiger partial charge on any atom is -0.348 e. The van der Waals surface area contributed by atoms with Gasteiger partial charge in [0, 0.05) is 18.8 Å². The lowest BCUT2D eigenvalue weighted by molar-refractivity contribution is 0.0933. The van der Waals surface area contributed by atoms with Gasteiger partial charge in [-0.05, 0) is 37.6 Å². The molecule has 1 heterocycles. The number of carbonyl (C=O) groups excluding carboxylic acids is 1. The molecule has 0 bridgehead atoms. The van der Waals surface area contributed by atoms with E-state index >= 15 is 0 Å². The summed E-state index contributed by atoms with van der Waals surface area (Å²) in [6.07, 6.45) is 0.883. The Morgan fingerprint density at radius 3 is 2.48 bits per heavy atom. The van der Waals surface area contributed by atoms with Crippen LogP contribution in [0.25, 0.3) is 0 Å². The van der Waals surface area contributed by atoms with Crippen LogP contribution >= 0.6 is 0 Å². The molecule has 1 N–H and O–H groups in total. The third kappa shape index (κ3) is 3.78. The molecule has 0 aliphatic carbocycles. The fraction of sp³-hybridized carbons (Fsp3) is 0.312. The maximum absolute atomic E-state index is 11.9. The summed E-state index contributed by atoms with van der Waals surface area (Å²) in [7, 11) is 1.91. The molecule has 0 radical (unpaired) electrons. The number of hydrogen-bond acceptors (Lipinski definition) is 4. The molecule has 1 amide bonds. The van der Waals surface area contributed by atoms with E-state index in [1.807, 2.05) is 56.1 Å². The van der Waals surface area contributed by atoms with Crippen molar-refractivity contribution in [1.82, 2.24) is 15.5 Å². The smallest absolute Gasteiger partial charge is 0.272 e. The average molecular weight is 284 g/mol. The summed E-state index contributed by atoms with van der Waals surface area (Å²) < 4.78 is 0. The number of nitrogens with zero attached hydrogens (tertiary/aromatic N) is 3. The third-order valence-electron chi connectivity index (χ3n) is 3.36. The van der Waals surface area contributed by atoms with Gasteiger partial charge in [0.05, 0.1) is 0 Å². The van der Waals surface area contributed by atoms with Crippen LogP contribution in [0.5, 0.6) is 0 Å². The van der Waals surface area contributed by atoms with E-state index in [1.54, 1.807) is 12.1 Å².